The van der Waals surface area contributed by atoms with Crippen LogP contribution in [0.4, 0.5) is 0 Å². The summed E-state index contributed by atoms with van der Waals surface area (Å²) in [4.78, 5) is 0. The molecule has 0 aliphatic carbocycles. The maximum Gasteiger partial charge on any atom is 0.264 e. The fourth-order valence-electron chi connectivity index (χ4n) is 1.08. The van der Waals surface area contributed by atoms with Crippen LogP contribution in [-0.4, -0.2) is 14.7 Å². The molecule has 1 aromatic rings. The molecule has 1 aromatic carbocycles. The van der Waals surface area contributed by atoms with Crippen molar-refractivity contribution in [1.82, 2.24) is 0 Å². The van der Waals surface area contributed by atoms with Crippen LogP contribution in [-0.2, 0) is 14.3 Å². The zero-order valence-corrected chi connectivity index (χ0v) is 10.3. The molecule has 0 bridgehead atoms. The molecule has 0 N–H and O–H groups in total. The Morgan fingerprint density at radius 3 is 2.57 bits per heavy atom. The van der Waals surface area contributed by atoms with Crippen molar-refractivity contribution < 1.29 is 12.6 Å². The Morgan fingerprint density at radius 1 is 1.43 bits per heavy atom. The smallest absolute Gasteiger partial charge is 0.262 e. The van der Waals surface area contributed by atoms with Gasteiger partial charge in [-0.25, -0.2) is 0 Å². The molecule has 0 aromatic heterocycles. The molecule has 0 aliphatic rings. The van der Waals surface area contributed by atoms with Gasteiger partial charge in [-0.2, -0.15) is 8.42 Å². The van der Waals surface area contributed by atoms with Crippen LogP contribution in [0.2, 0.25) is 0 Å². The number of benzene rings is 1. The van der Waals surface area contributed by atoms with Crippen molar-refractivity contribution >= 4 is 26.0 Å². The minimum atomic E-state index is -3.40. The molecular weight excluding hydrogens is 268 g/mol. The summed E-state index contributed by atoms with van der Waals surface area (Å²) in [6.07, 6.45) is 0.587. The first-order chi connectivity index (χ1) is 6.38. The Morgan fingerprint density at radius 2 is 2.07 bits per heavy atom. The summed E-state index contributed by atoms with van der Waals surface area (Å²) in [5.41, 5.74) is 0.824. The number of halogens is 1. The summed E-state index contributed by atoms with van der Waals surface area (Å²) in [5, 5.41) is 0. The van der Waals surface area contributed by atoms with E-state index >= 15 is 0 Å². The highest BCUT2D eigenvalue weighted by Crippen LogP contribution is 2.21. The van der Waals surface area contributed by atoms with Crippen LogP contribution in [0.3, 0.4) is 0 Å². The number of hydrogen-bond donors (Lipinski definition) is 0. The van der Waals surface area contributed by atoms with Gasteiger partial charge < -0.3 is 0 Å². The van der Waals surface area contributed by atoms with E-state index in [0.717, 1.165) is 16.3 Å². The normalized spacial score (nSPS) is 13.9. The molecule has 3 nitrogen and oxygen atoms in total. The zero-order chi connectivity index (χ0) is 10.8. The van der Waals surface area contributed by atoms with Crippen molar-refractivity contribution in [3.05, 3.63) is 34.3 Å². The molecule has 78 valence electrons. The molecule has 0 unspecified atom stereocenters. The summed E-state index contributed by atoms with van der Waals surface area (Å²) in [5.74, 6) is 0. The van der Waals surface area contributed by atoms with Gasteiger partial charge in [-0.1, -0.05) is 28.1 Å². The lowest BCUT2D eigenvalue weighted by molar-refractivity contribution is 0.236. The molecule has 14 heavy (non-hydrogen) atoms. The zero-order valence-electron chi connectivity index (χ0n) is 7.90. The van der Waals surface area contributed by atoms with Crippen LogP contribution in [0.1, 0.15) is 18.6 Å². The molecule has 0 aliphatic heterocycles. The van der Waals surface area contributed by atoms with Crippen molar-refractivity contribution in [3.8, 4) is 0 Å². The van der Waals surface area contributed by atoms with Gasteiger partial charge in [0.15, 0.2) is 0 Å². The first-order valence-corrected chi connectivity index (χ1v) is 6.63. The average molecular weight is 279 g/mol. The van der Waals surface area contributed by atoms with Crippen LogP contribution in [0, 0.1) is 0 Å². The van der Waals surface area contributed by atoms with Crippen molar-refractivity contribution in [3.63, 3.8) is 0 Å². The summed E-state index contributed by atoms with van der Waals surface area (Å²) in [6, 6.07) is 7.36. The van der Waals surface area contributed by atoms with Gasteiger partial charge in [0.05, 0.1) is 12.4 Å². The first kappa shape index (κ1) is 11.7. The predicted octanol–water partition coefficient (Wildman–Crippen LogP) is 2.49. The molecule has 0 amide bonds. The molecule has 0 heterocycles. The summed E-state index contributed by atoms with van der Waals surface area (Å²) < 4.78 is 27.5. The van der Waals surface area contributed by atoms with Gasteiger partial charge >= 0.3 is 0 Å². The second-order valence-corrected chi connectivity index (χ2v) is 5.51. The van der Waals surface area contributed by atoms with Crippen LogP contribution in [0.5, 0.6) is 0 Å². The van der Waals surface area contributed by atoms with Crippen LogP contribution < -0.4 is 0 Å². The average Bonchev–Trinajstić information content (AvgIpc) is 2.01. The fourth-order valence-corrected chi connectivity index (χ4v) is 2.13. The lowest BCUT2D eigenvalue weighted by Gasteiger charge is -2.11. The SMILES string of the molecule is C[C@@H](OS(C)(=O)=O)c1cccc(Br)c1. The van der Waals surface area contributed by atoms with Gasteiger partial charge in [0.25, 0.3) is 10.1 Å². The van der Waals surface area contributed by atoms with Gasteiger partial charge in [0.2, 0.25) is 0 Å². The minimum Gasteiger partial charge on any atom is -0.262 e. The largest absolute Gasteiger partial charge is 0.264 e. The van der Waals surface area contributed by atoms with E-state index in [4.69, 9.17) is 4.18 Å². The quantitative estimate of drug-likeness (QED) is 0.798. The highest BCUT2D eigenvalue weighted by atomic mass is 79.9. The van der Waals surface area contributed by atoms with Crippen LogP contribution >= 0.6 is 15.9 Å². The van der Waals surface area contributed by atoms with Gasteiger partial charge in [-0.15, -0.1) is 0 Å². The molecule has 0 spiro atoms. The van der Waals surface area contributed by atoms with Crippen LogP contribution in [0.25, 0.3) is 0 Å². The predicted molar refractivity (Wildman–Crippen MR) is 58.5 cm³/mol. The van der Waals surface area contributed by atoms with Crippen molar-refractivity contribution in [1.29, 1.82) is 0 Å². The molecule has 1 atom stereocenters. The van der Waals surface area contributed by atoms with Crippen molar-refractivity contribution in [2.24, 2.45) is 0 Å². The Balaban J connectivity index is 2.85. The molecule has 5 heteroatoms. The van der Waals surface area contributed by atoms with E-state index in [1.807, 2.05) is 24.3 Å². The molecule has 0 fully saturated rings. The lowest BCUT2D eigenvalue weighted by atomic mass is 10.1. The molecule has 1 rings (SSSR count). The van der Waals surface area contributed by atoms with Crippen molar-refractivity contribution in [2.45, 2.75) is 13.0 Å². The van der Waals surface area contributed by atoms with E-state index in [0.29, 0.717) is 0 Å². The van der Waals surface area contributed by atoms with E-state index in [2.05, 4.69) is 15.9 Å². The fraction of sp³-hybridized carbons (Fsp3) is 0.333. The van der Waals surface area contributed by atoms with Crippen molar-refractivity contribution in [2.75, 3.05) is 6.26 Å². The molecule has 0 saturated carbocycles. The minimum absolute atomic E-state index is 0.456. The topological polar surface area (TPSA) is 43.4 Å². The lowest BCUT2D eigenvalue weighted by Crippen LogP contribution is -2.07. The van der Waals surface area contributed by atoms with E-state index in [-0.39, 0.29) is 0 Å². The maximum absolute atomic E-state index is 10.9. The number of hydrogen-bond acceptors (Lipinski definition) is 3. The van der Waals surface area contributed by atoms with E-state index in [9.17, 15) is 8.42 Å². The van der Waals surface area contributed by atoms with E-state index in [1.165, 1.54) is 0 Å². The molecular formula is C9H11BrO3S. The third-order valence-electron chi connectivity index (χ3n) is 1.64. The van der Waals surface area contributed by atoms with Gasteiger partial charge in [0.1, 0.15) is 0 Å². The Bertz CT molecular complexity index is 414. The Labute approximate surface area is 92.3 Å². The summed E-state index contributed by atoms with van der Waals surface area (Å²) in [6.45, 7) is 1.70. The standard InChI is InChI=1S/C9H11BrO3S/c1-7(13-14(2,11)12)8-4-3-5-9(10)6-8/h3-7H,1-2H3/t7-/m1/s1. The highest BCUT2D eigenvalue weighted by molar-refractivity contribution is 9.10. The molecule has 0 saturated heterocycles. The molecule has 0 radical (unpaired) electrons. The first-order valence-electron chi connectivity index (χ1n) is 4.02. The van der Waals surface area contributed by atoms with E-state index in [1.54, 1.807) is 6.92 Å². The number of rotatable bonds is 3. The van der Waals surface area contributed by atoms with Gasteiger partial charge in [-0.05, 0) is 24.6 Å². The second kappa shape index (κ2) is 4.42. The second-order valence-electron chi connectivity index (χ2n) is 3.00. The third kappa shape index (κ3) is 3.77. The van der Waals surface area contributed by atoms with Gasteiger partial charge in [-0.3, -0.25) is 4.18 Å². The third-order valence-corrected chi connectivity index (χ3v) is 2.77. The summed E-state index contributed by atoms with van der Waals surface area (Å²) >= 11 is 3.31. The summed E-state index contributed by atoms with van der Waals surface area (Å²) in [7, 11) is -3.40. The maximum atomic E-state index is 10.9. The van der Waals surface area contributed by atoms with E-state index < -0.39 is 16.2 Å². The van der Waals surface area contributed by atoms with Crippen LogP contribution in [0.15, 0.2) is 28.7 Å². The Hall–Kier alpha value is -0.390. The van der Waals surface area contributed by atoms with Gasteiger partial charge in [0, 0.05) is 4.47 Å². The Kier molecular flexibility index (Phi) is 3.69. The monoisotopic (exact) mass is 278 g/mol. The highest BCUT2D eigenvalue weighted by Gasteiger charge is 2.12.